The van der Waals surface area contributed by atoms with Crippen molar-refractivity contribution in [2.75, 3.05) is 20.1 Å². The molecule has 0 atom stereocenters. The van der Waals surface area contributed by atoms with E-state index < -0.39 is 10.2 Å². The van der Waals surface area contributed by atoms with Gasteiger partial charge in [-0.2, -0.15) is 17.4 Å². The Morgan fingerprint density at radius 2 is 2.15 bits per heavy atom. The number of thiophene rings is 1. The predicted molar refractivity (Wildman–Crippen MR) is 88.2 cm³/mol. The van der Waals surface area contributed by atoms with Gasteiger partial charge in [-0.25, -0.2) is 0 Å². The second-order valence-electron chi connectivity index (χ2n) is 4.84. The predicted octanol–water partition coefficient (Wildman–Crippen LogP) is 2.16. The first-order valence-electron chi connectivity index (χ1n) is 6.48. The first-order chi connectivity index (χ1) is 9.31. The molecule has 0 aliphatic heterocycles. The molecule has 0 aliphatic carbocycles. The van der Waals surface area contributed by atoms with Crippen molar-refractivity contribution in [2.24, 2.45) is 0 Å². The van der Waals surface area contributed by atoms with Crippen molar-refractivity contribution in [3.05, 3.63) is 20.8 Å². The van der Waals surface area contributed by atoms with Crippen molar-refractivity contribution >= 4 is 37.5 Å². The van der Waals surface area contributed by atoms with E-state index in [2.05, 4.69) is 39.8 Å². The van der Waals surface area contributed by atoms with Crippen LogP contribution in [0.15, 0.2) is 15.9 Å². The lowest BCUT2D eigenvalue weighted by atomic mass is 10.3. The summed E-state index contributed by atoms with van der Waals surface area (Å²) < 4.78 is 29.0. The topological polar surface area (TPSA) is 61.4 Å². The summed E-state index contributed by atoms with van der Waals surface area (Å²) in [5.41, 5.74) is 0. The second-order valence-corrected chi connectivity index (χ2v) is 8.61. The van der Waals surface area contributed by atoms with Crippen LogP contribution in [0.3, 0.4) is 0 Å². The van der Waals surface area contributed by atoms with E-state index >= 15 is 0 Å². The zero-order valence-electron chi connectivity index (χ0n) is 12.0. The van der Waals surface area contributed by atoms with Crippen LogP contribution in [-0.4, -0.2) is 38.9 Å². The average Bonchev–Trinajstić information content (AvgIpc) is 2.77. The summed E-state index contributed by atoms with van der Waals surface area (Å²) in [5.74, 6) is 0. The largest absolute Gasteiger partial charge is 0.314 e. The number of halogens is 1. The minimum atomic E-state index is -3.40. The summed E-state index contributed by atoms with van der Waals surface area (Å²) in [5, 5.41) is 5.20. The number of nitrogens with zero attached hydrogens (tertiary/aromatic N) is 1. The Morgan fingerprint density at radius 3 is 2.70 bits per heavy atom. The highest BCUT2D eigenvalue weighted by Gasteiger charge is 2.16. The third kappa shape index (κ3) is 6.64. The van der Waals surface area contributed by atoms with Gasteiger partial charge >= 0.3 is 0 Å². The number of hydrogen-bond donors (Lipinski definition) is 2. The SMILES string of the molecule is CC(C)NCCCN(C)S(=O)(=O)NCc1cc(Br)cs1. The highest BCUT2D eigenvalue weighted by Crippen LogP contribution is 2.19. The van der Waals surface area contributed by atoms with Gasteiger partial charge in [-0.3, -0.25) is 0 Å². The molecule has 0 saturated carbocycles. The molecule has 0 saturated heterocycles. The second kappa shape index (κ2) is 8.45. The third-order valence-electron chi connectivity index (χ3n) is 2.66. The third-order valence-corrected chi connectivity index (χ3v) is 5.87. The molecule has 20 heavy (non-hydrogen) atoms. The van der Waals surface area contributed by atoms with E-state index in [0.29, 0.717) is 19.1 Å². The minimum absolute atomic E-state index is 0.327. The van der Waals surface area contributed by atoms with Gasteiger partial charge in [0.25, 0.3) is 10.2 Å². The Bertz CT molecular complexity index is 503. The lowest BCUT2D eigenvalue weighted by molar-refractivity contribution is 0.439. The smallest absolute Gasteiger partial charge is 0.279 e. The molecule has 5 nitrogen and oxygen atoms in total. The van der Waals surface area contributed by atoms with Crippen molar-refractivity contribution in [2.45, 2.75) is 32.9 Å². The molecule has 0 fully saturated rings. The van der Waals surface area contributed by atoms with E-state index in [9.17, 15) is 8.42 Å². The zero-order valence-corrected chi connectivity index (χ0v) is 15.2. The lowest BCUT2D eigenvalue weighted by Gasteiger charge is -2.18. The first kappa shape index (κ1) is 18.1. The summed E-state index contributed by atoms with van der Waals surface area (Å²) >= 11 is 4.88. The Balaban J connectivity index is 2.35. The minimum Gasteiger partial charge on any atom is -0.314 e. The summed E-state index contributed by atoms with van der Waals surface area (Å²) in [6.45, 7) is 5.79. The molecule has 116 valence electrons. The summed E-state index contributed by atoms with van der Waals surface area (Å²) in [6.07, 6.45) is 0.792. The van der Waals surface area contributed by atoms with Crippen LogP contribution in [0.1, 0.15) is 25.1 Å². The van der Waals surface area contributed by atoms with Gasteiger partial charge in [-0.15, -0.1) is 11.3 Å². The van der Waals surface area contributed by atoms with Gasteiger partial charge < -0.3 is 5.32 Å². The van der Waals surface area contributed by atoms with E-state index in [0.717, 1.165) is 22.3 Å². The number of rotatable bonds is 9. The van der Waals surface area contributed by atoms with Crippen LogP contribution in [-0.2, 0) is 16.8 Å². The Hall–Kier alpha value is 0.01000. The number of hydrogen-bond acceptors (Lipinski definition) is 4. The van der Waals surface area contributed by atoms with E-state index in [-0.39, 0.29) is 0 Å². The van der Waals surface area contributed by atoms with Crippen molar-refractivity contribution < 1.29 is 8.42 Å². The Morgan fingerprint density at radius 1 is 1.45 bits per heavy atom. The molecule has 0 aromatic carbocycles. The Kier molecular flexibility index (Phi) is 7.63. The molecule has 1 rings (SSSR count). The highest BCUT2D eigenvalue weighted by molar-refractivity contribution is 9.10. The van der Waals surface area contributed by atoms with Crippen LogP contribution >= 0.6 is 27.3 Å². The van der Waals surface area contributed by atoms with E-state index in [1.807, 2.05) is 11.4 Å². The van der Waals surface area contributed by atoms with Gasteiger partial charge in [-0.1, -0.05) is 13.8 Å². The van der Waals surface area contributed by atoms with Crippen LogP contribution < -0.4 is 10.0 Å². The van der Waals surface area contributed by atoms with Crippen LogP contribution in [0, 0.1) is 0 Å². The normalized spacial score (nSPS) is 12.5. The van der Waals surface area contributed by atoms with Crippen LogP contribution in [0.4, 0.5) is 0 Å². The molecule has 2 N–H and O–H groups in total. The van der Waals surface area contributed by atoms with Gasteiger partial charge in [0.1, 0.15) is 0 Å². The molecule has 1 aromatic heterocycles. The molecule has 0 amide bonds. The molecule has 1 aromatic rings. The maximum Gasteiger partial charge on any atom is 0.279 e. The zero-order chi connectivity index (χ0) is 15.2. The fraction of sp³-hybridized carbons (Fsp3) is 0.667. The Labute approximate surface area is 134 Å². The van der Waals surface area contributed by atoms with E-state index in [1.54, 1.807) is 7.05 Å². The highest BCUT2D eigenvalue weighted by atomic mass is 79.9. The first-order valence-corrected chi connectivity index (χ1v) is 9.60. The molecular weight excluding hydrogens is 362 g/mol. The van der Waals surface area contributed by atoms with Gasteiger partial charge in [0, 0.05) is 40.9 Å². The van der Waals surface area contributed by atoms with Gasteiger partial charge in [0.05, 0.1) is 0 Å². The lowest BCUT2D eigenvalue weighted by Crippen LogP contribution is -2.39. The maximum atomic E-state index is 12.0. The molecule has 1 heterocycles. The number of nitrogens with one attached hydrogen (secondary N) is 2. The quantitative estimate of drug-likeness (QED) is 0.642. The van der Waals surface area contributed by atoms with E-state index in [1.165, 1.54) is 15.6 Å². The van der Waals surface area contributed by atoms with E-state index in [4.69, 9.17) is 0 Å². The van der Waals surface area contributed by atoms with Gasteiger partial charge in [-0.05, 0) is 35.0 Å². The molecule has 0 aliphatic rings. The molecule has 0 radical (unpaired) electrons. The van der Waals surface area contributed by atoms with Crippen molar-refractivity contribution in [1.29, 1.82) is 0 Å². The van der Waals surface area contributed by atoms with Crippen molar-refractivity contribution in [3.63, 3.8) is 0 Å². The van der Waals surface area contributed by atoms with Crippen molar-refractivity contribution in [3.8, 4) is 0 Å². The standard InChI is InChI=1S/C12H22BrN3O2S2/c1-10(2)14-5-4-6-16(3)20(17,18)15-8-12-7-11(13)9-19-12/h7,9-10,14-15H,4-6,8H2,1-3H3. The summed E-state index contributed by atoms with van der Waals surface area (Å²) in [4.78, 5) is 0.982. The maximum absolute atomic E-state index is 12.0. The van der Waals surface area contributed by atoms with Gasteiger partial charge in [0.2, 0.25) is 0 Å². The molecule has 0 unspecified atom stereocenters. The van der Waals surface area contributed by atoms with Crippen LogP contribution in [0.25, 0.3) is 0 Å². The van der Waals surface area contributed by atoms with Gasteiger partial charge in [0.15, 0.2) is 0 Å². The average molecular weight is 384 g/mol. The molecule has 8 heteroatoms. The van der Waals surface area contributed by atoms with Crippen molar-refractivity contribution in [1.82, 2.24) is 14.3 Å². The summed E-state index contributed by atoms with van der Waals surface area (Å²) in [6, 6.07) is 2.34. The monoisotopic (exact) mass is 383 g/mol. The van der Waals surface area contributed by atoms with Crippen LogP contribution in [0.2, 0.25) is 0 Å². The van der Waals surface area contributed by atoms with Crippen LogP contribution in [0.5, 0.6) is 0 Å². The fourth-order valence-electron chi connectivity index (χ4n) is 1.53. The molecule has 0 bridgehead atoms. The molecular formula is C12H22BrN3O2S2. The fourth-order valence-corrected chi connectivity index (χ4v) is 3.94. The molecule has 0 spiro atoms. The summed E-state index contributed by atoms with van der Waals surface area (Å²) in [7, 11) is -1.80.